The zero-order valence-electron chi connectivity index (χ0n) is 14.1. The Kier molecular flexibility index (Phi) is 4.85. The number of hydrogen-bond donors (Lipinski definition) is 2. The first-order valence-electron chi connectivity index (χ1n) is 8.06. The fourth-order valence-electron chi connectivity index (χ4n) is 2.61. The summed E-state index contributed by atoms with van der Waals surface area (Å²) in [5.74, 6) is -0.0130. The summed E-state index contributed by atoms with van der Waals surface area (Å²) in [5, 5.41) is 6.04. The highest BCUT2D eigenvalue weighted by Gasteiger charge is 2.21. The molecule has 1 aliphatic heterocycles. The number of anilines is 2. The van der Waals surface area contributed by atoms with Crippen molar-refractivity contribution < 1.29 is 23.5 Å². The first kappa shape index (κ1) is 18.2. The molecule has 0 saturated carbocycles. The zero-order valence-corrected chi connectivity index (χ0v) is 15.6. The Balaban J connectivity index is 1.59. The maximum atomic E-state index is 12.7. The summed E-state index contributed by atoms with van der Waals surface area (Å²) in [7, 11) is 0. The average molecular weight is 419 g/mol. The predicted octanol–water partition coefficient (Wildman–Crippen LogP) is 4.82. The Hall–Kier alpha value is -3.16. The largest absolute Gasteiger partial charge is 0.459 e. The lowest BCUT2D eigenvalue weighted by Gasteiger charge is -2.13. The van der Waals surface area contributed by atoms with Gasteiger partial charge in [0.2, 0.25) is 6.79 Å². The van der Waals surface area contributed by atoms with Gasteiger partial charge in [-0.15, -0.1) is 0 Å². The van der Waals surface area contributed by atoms with Crippen molar-refractivity contribution in [3.05, 3.63) is 70.1 Å². The molecular formula is C19H12Cl2N2O5. The second-order valence-electron chi connectivity index (χ2n) is 5.77. The topological polar surface area (TPSA) is 89.8 Å². The van der Waals surface area contributed by atoms with E-state index in [1.165, 1.54) is 30.5 Å². The summed E-state index contributed by atoms with van der Waals surface area (Å²) >= 11 is 12.2. The molecule has 0 saturated heterocycles. The van der Waals surface area contributed by atoms with E-state index < -0.39 is 11.8 Å². The number of furan rings is 1. The molecule has 1 aliphatic rings. The molecule has 0 atom stereocenters. The summed E-state index contributed by atoms with van der Waals surface area (Å²) in [6, 6.07) is 10.8. The van der Waals surface area contributed by atoms with E-state index in [1.54, 1.807) is 18.2 Å². The number of nitrogens with one attached hydrogen (secondary N) is 2. The number of benzene rings is 2. The van der Waals surface area contributed by atoms with Crippen LogP contribution < -0.4 is 20.1 Å². The maximum absolute atomic E-state index is 12.7. The fourth-order valence-corrected chi connectivity index (χ4v) is 3.05. The molecule has 0 bridgehead atoms. The van der Waals surface area contributed by atoms with Crippen LogP contribution in [0.2, 0.25) is 10.0 Å². The van der Waals surface area contributed by atoms with Crippen LogP contribution in [-0.2, 0) is 0 Å². The van der Waals surface area contributed by atoms with Crippen molar-refractivity contribution >= 4 is 46.4 Å². The minimum atomic E-state index is -0.478. The van der Waals surface area contributed by atoms with Crippen molar-refractivity contribution in [2.75, 3.05) is 17.4 Å². The minimum Gasteiger partial charge on any atom is -0.459 e. The van der Waals surface area contributed by atoms with Gasteiger partial charge in [0.15, 0.2) is 17.3 Å². The van der Waals surface area contributed by atoms with Crippen molar-refractivity contribution in [3.63, 3.8) is 0 Å². The van der Waals surface area contributed by atoms with Gasteiger partial charge in [-0.25, -0.2) is 0 Å². The smallest absolute Gasteiger partial charge is 0.291 e. The van der Waals surface area contributed by atoms with Crippen molar-refractivity contribution in [3.8, 4) is 11.5 Å². The van der Waals surface area contributed by atoms with Crippen molar-refractivity contribution in [2.24, 2.45) is 0 Å². The van der Waals surface area contributed by atoms with Crippen molar-refractivity contribution in [2.45, 2.75) is 0 Å². The van der Waals surface area contributed by atoms with E-state index in [9.17, 15) is 9.59 Å². The van der Waals surface area contributed by atoms with Crippen molar-refractivity contribution in [1.82, 2.24) is 0 Å². The predicted molar refractivity (Wildman–Crippen MR) is 104 cm³/mol. The molecule has 0 aliphatic carbocycles. The summed E-state index contributed by atoms with van der Waals surface area (Å²) in [6.07, 6.45) is 1.39. The first-order valence-corrected chi connectivity index (χ1v) is 8.82. The summed E-state index contributed by atoms with van der Waals surface area (Å²) < 4.78 is 15.6. The molecule has 4 rings (SSSR count). The van der Waals surface area contributed by atoms with E-state index in [4.69, 9.17) is 37.1 Å². The Morgan fingerprint density at radius 3 is 2.54 bits per heavy atom. The average Bonchev–Trinajstić information content (AvgIpc) is 3.35. The van der Waals surface area contributed by atoms with Crippen LogP contribution in [0.4, 0.5) is 11.4 Å². The quantitative estimate of drug-likeness (QED) is 0.633. The van der Waals surface area contributed by atoms with Crippen LogP contribution in [0.5, 0.6) is 11.5 Å². The highest BCUT2D eigenvalue weighted by atomic mass is 35.5. The zero-order chi connectivity index (χ0) is 19.7. The molecule has 28 heavy (non-hydrogen) atoms. The van der Waals surface area contributed by atoms with E-state index in [0.717, 1.165) is 0 Å². The van der Waals surface area contributed by atoms with E-state index >= 15 is 0 Å². The van der Waals surface area contributed by atoms with Gasteiger partial charge in [0.1, 0.15) is 0 Å². The summed E-state index contributed by atoms with van der Waals surface area (Å²) in [5.41, 5.74) is 0.935. The number of halogens is 2. The van der Waals surface area contributed by atoms with Gasteiger partial charge >= 0.3 is 0 Å². The molecule has 2 heterocycles. The van der Waals surface area contributed by atoms with E-state index in [-0.39, 0.29) is 23.1 Å². The lowest BCUT2D eigenvalue weighted by molar-refractivity contribution is 0.0993. The third kappa shape index (κ3) is 3.62. The van der Waals surface area contributed by atoms with Crippen LogP contribution in [0.1, 0.15) is 20.9 Å². The third-order valence-electron chi connectivity index (χ3n) is 3.91. The van der Waals surface area contributed by atoms with Gasteiger partial charge in [0, 0.05) is 10.6 Å². The third-order valence-corrected chi connectivity index (χ3v) is 4.43. The van der Waals surface area contributed by atoms with Gasteiger partial charge in [0.05, 0.1) is 22.7 Å². The number of carbonyl (C=O) groups excluding carboxylic acids is 2. The number of carbonyl (C=O) groups is 2. The maximum Gasteiger partial charge on any atom is 0.291 e. The van der Waals surface area contributed by atoms with Crippen LogP contribution in [-0.4, -0.2) is 18.6 Å². The first-order chi connectivity index (χ1) is 13.5. The summed E-state index contributed by atoms with van der Waals surface area (Å²) in [4.78, 5) is 24.9. The molecule has 0 fully saturated rings. The van der Waals surface area contributed by atoms with Crippen LogP contribution in [0.15, 0.2) is 53.1 Å². The fraction of sp³-hybridized carbons (Fsp3) is 0.0526. The van der Waals surface area contributed by atoms with Gasteiger partial charge in [-0.2, -0.15) is 0 Å². The summed E-state index contributed by atoms with van der Waals surface area (Å²) in [6.45, 7) is 0.0419. The SMILES string of the molecule is O=C(Nc1ccc(Cl)cc1NC(=O)c1ccco1)c1cc(Cl)c2c(c1)OCO2. The van der Waals surface area contributed by atoms with E-state index in [1.807, 2.05) is 0 Å². The van der Waals surface area contributed by atoms with E-state index in [2.05, 4.69) is 10.6 Å². The number of fused-ring (bicyclic) bond motifs is 1. The molecule has 2 aromatic carbocycles. The molecule has 0 spiro atoms. The Morgan fingerprint density at radius 2 is 1.75 bits per heavy atom. The molecule has 142 valence electrons. The molecule has 9 heteroatoms. The molecule has 2 N–H and O–H groups in total. The van der Waals surface area contributed by atoms with Gasteiger partial charge in [-0.1, -0.05) is 23.2 Å². The lowest BCUT2D eigenvalue weighted by atomic mass is 10.1. The second kappa shape index (κ2) is 7.46. The Labute approximate surface area is 169 Å². The molecule has 7 nitrogen and oxygen atoms in total. The lowest BCUT2D eigenvalue weighted by Crippen LogP contribution is -2.16. The molecule has 3 aromatic rings. The highest BCUT2D eigenvalue weighted by Crippen LogP contribution is 2.40. The van der Waals surface area contributed by atoms with Crippen molar-refractivity contribution in [1.29, 1.82) is 0 Å². The van der Waals surface area contributed by atoms with Gasteiger partial charge < -0.3 is 24.5 Å². The van der Waals surface area contributed by atoms with Crippen LogP contribution in [0, 0.1) is 0 Å². The van der Waals surface area contributed by atoms with Gasteiger partial charge in [0.25, 0.3) is 11.8 Å². The number of ether oxygens (including phenoxy) is 2. The second-order valence-corrected chi connectivity index (χ2v) is 6.61. The monoisotopic (exact) mass is 418 g/mol. The highest BCUT2D eigenvalue weighted by molar-refractivity contribution is 6.33. The Bertz CT molecular complexity index is 1070. The number of rotatable bonds is 4. The normalized spacial score (nSPS) is 11.9. The minimum absolute atomic E-state index is 0.0419. The number of amides is 2. The standard InChI is InChI=1S/C19H12Cl2N2O5/c20-11-3-4-13(14(8-11)23-19(25)15-2-1-5-26-15)22-18(24)10-6-12(21)17-16(7-10)27-9-28-17/h1-8H,9H2,(H,22,24)(H,23,25). The Morgan fingerprint density at radius 1 is 0.929 bits per heavy atom. The van der Waals surface area contributed by atoms with Gasteiger partial charge in [-0.05, 0) is 42.5 Å². The molecule has 0 radical (unpaired) electrons. The van der Waals surface area contributed by atoms with E-state index in [0.29, 0.717) is 27.9 Å². The van der Waals surface area contributed by atoms with Crippen LogP contribution in [0.25, 0.3) is 0 Å². The van der Waals surface area contributed by atoms with Gasteiger partial charge in [-0.3, -0.25) is 9.59 Å². The van der Waals surface area contributed by atoms with Crippen LogP contribution in [0.3, 0.4) is 0 Å². The molecule has 0 unspecified atom stereocenters. The molecular weight excluding hydrogens is 407 g/mol. The van der Waals surface area contributed by atoms with Crippen LogP contribution >= 0.6 is 23.2 Å². The molecule has 2 amide bonds. The number of hydrogen-bond acceptors (Lipinski definition) is 5. The molecule has 1 aromatic heterocycles.